The van der Waals surface area contributed by atoms with Gasteiger partial charge in [0, 0.05) is 18.3 Å². The van der Waals surface area contributed by atoms with Crippen molar-refractivity contribution in [3.63, 3.8) is 0 Å². The first kappa shape index (κ1) is 18.8. The molecule has 1 atom stereocenters. The van der Waals surface area contributed by atoms with Crippen LogP contribution in [-0.4, -0.2) is 34.7 Å². The lowest BCUT2D eigenvalue weighted by atomic mass is 10.0. The van der Waals surface area contributed by atoms with Gasteiger partial charge in [0.1, 0.15) is 11.9 Å². The van der Waals surface area contributed by atoms with Crippen molar-refractivity contribution in [1.82, 2.24) is 20.0 Å². The van der Waals surface area contributed by atoms with Gasteiger partial charge in [-0.1, -0.05) is 30.3 Å². The van der Waals surface area contributed by atoms with Crippen LogP contribution in [-0.2, 0) is 11.3 Å². The number of likely N-dealkylation sites (N-methyl/N-ethyl adjacent to an activating group) is 1. The number of amides is 1. The molecule has 27 heavy (non-hydrogen) atoms. The first-order chi connectivity index (χ1) is 13.0. The van der Waals surface area contributed by atoms with E-state index in [0.717, 1.165) is 16.8 Å². The van der Waals surface area contributed by atoms with Gasteiger partial charge in [-0.15, -0.1) is 0 Å². The Morgan fingerprint density at radius 2 is 2.00 bits per heavy atom. The summed E-state index contributed by atoms with van der Waals surface area (Å²) in [5, 5.41) is 7.30. The van der Waals surface area contributed by atoms with Gasteiger partial charge in [-0.2, -0.15) is 5.10 Å². The summed E-state index contributed by atoms with van der Waals surface area (Å²) in [7, 11) is 3.59. The van der Waals surface area contributed by atoms with Gasteiger partial charge in [-0.05, 0) is 50.3 Å². The topological polar surface area (TPSA) is 50.2 Å². The summed E-state index contributed by atoms with van der Waals surface area (Å²) in [6, 6.07) is 13.5. The highest BCUT2D eigenvalue weighted by atomic mass is 19.1. The zero-order chi connectivity index (χ0) is 19.4. The molecule has 0 bridgehead atoms. The number of benzene rings is 2. The summed E-state index contributed by atoms with van der Waals surface area (Å²) in [6.07, 6.45) is 3.63. The lowest BCUT2D eigenvalue weighted by molar-refractivity contribution is -0.125. The zero-order valence-electron chi connectivity index (χ0n) is 15.7. The molecular weight excluding hydrogens is 343 g/mol. The SMILES string of the molecule is Cc1ccccc1-n1cc(CNC(=O)C(c2cccc(F)c2)N(C)C)cn1. The minimum atomic E-state index is -0.563. The van der Waals surface area contributed by atoms with Crippen molar-refractivity contribution in [2.75, 3.05) is 14.1 Å². The number of aromatic nitrogens is 2. The molecule has 1 unspecified atom stereocenters. The molecule has 0 saturated carbocycles. The van der Waals surface area contributed by atoms with Crippen LogP contribution in [0, 0.1) is 12.7 Å². The van der Waals surface area contributed by atoms with Gasteiger partial charge in [-0.25, -0.2) is 9.07 Å². The molecule has 140 valence electrons. The highest BCUT2D eigenvalue weighted by Gasteiger charge is 2.23. The van der Waals surface area contributed by atoms with Gasteiger partial charge in [-0.3, -0.25) is 9.69 Å². The minimum Gasteiger partial charge on any atom is -0.350 e. The van der Waals surface area contributed by atoms with E-state index in [1.54, 1.807) is 42.0 Å². The van der Waals surface area contributed by atoms with E-state index >= 15 is 0 Å². The third-order valence-electron chi connectivity index (χ3n) is 4.39. The Hall–Kier alpha value is -2.99. The molecule has 0 aliphatic carbocycles. The van der Waals surface area contributed by atoms with Crippen LogP contribution in [0.15, 0.2) is 60.9 Å². The molecule has 0 radical (unpaired) electrons. The van der Waals surface area contributed by atoms with Gasteiger partial charge in [0.25, 0.3) is 0 Å². The normalized spacial score (nSPS) is 12.2. The highest BCUT2D eigenvalue weighted by Crippen LogP contribution is 2.20. The molecular formula is C21H23FN4O. The first-order valence-corrected chi connectivity index (χ1v) is 8.75. The summed E-state index contributed by atoms with van der Waals surface area (Å²) in [4.78, 5) is 14.5. The quantitative estimate of drug-likeness (QED) is 0.729. The Morgan fingerprint density at radius 3 is 2.70 bits per heavy atom. The number of carbonyl (C=O) groups is 1. The molecule has 1 heterocycles. The van der Waals surface area contributed by atoms with Crippen LogP contribution >= 0.6 is 0 Å². The maximum absolute atomic E-state index is 13.5. The lowest BCUT2D eigenvalue weighted by Gasteiger charge is -2.23. The smallest absolute Gasteiger partial charge is 0.242 e. The number of halogens is 1. The first-order valence-electron chi connectivity index (χ1n) is 8.75. The van der Waals surface area contributed by atoms with Crippen LogP contribution in [0.25, 0.3) is 5.69 Å². The number of para-hydroxylation sites is 1. The average Bonchev–Trinajstić information content (AvgIpc) is 3.09. The van der Waals surface area contributed by atoms with Crippen LogP contribution in [0.2, 0.25) is 0 Å². The fraction of sp³-hybridized carbons (Fsp3) is 0.238. The highest BCUT2D eigenvalue weighted by molar-refractivity contribution is 5.83. The molecule has 2 aromatic carbocycles. The van der Waals surface area contributed by atoms with Crippen LogP contribution in [0.1, 0.15) is 22.7 Å². The number of hydrogen-bond donors (Lipinski definition) is 1. The van der Waals surface area contributed by atoms with Gasteiger partial charge >= 0.3 is 0 Å². The summed E-state index contributed by atoms with van der Waals surface area (Å²) in [5.74, 6) is -0.541. The maximum atomic E-state index is 13.5. The molecule has 1 aromatic heterocycles. The monoisotopic (exact) mass is 366 g/mol. The fourth-order valence-corrected chi connectivity index (χ4v) is 3.05. The van der Waals surface area contributed by atoms with E-state index < -0.39 is 6.04 Å². The fourth-order valence-electron chi connectivity index (χ4n) is 3.05. The molecule has 0 aliphatic heterocycles. The van der Waals surface area contributed by atoms with Crippen LogP contribution in [0.5, 0.6) is 0 Å². The standard InChI is InChI=1S/C21H23FN4O/c1-15-7-4-5-10-19(15)26-14-16(13-24-26)12-23-21(27)20(25(2)3)17-8-6-9-18(22)11-17/h4-11,13-14,20H,12H2,1-3H3,(H,23,27). The third kappa shape index (κ3) is 4.41. The molecule has 6 heteroatoms. The molecule has 0 spiro atoms. The van der Waals surface area contributed by atoms with E-state index in [0.29, 0.717) is 12.1 Å². The van der Waals surface area contributed by atoms with E-state index in [1.807, 2.05) is 37.4 Å². The lowest BCUT2D eigenvalue weighted by Crippen LogP contribution is -2.36. The Bertz CT molecular complexity index is 935. The van der Waals surface area contributed by atoms with E-state index in [-0.39, 0.29) is 11.7 Å². The second-order valence-corrected chi connectivity index (χ2v) is 6.72. The molecule has 1 amide bonds. The Labute approximate surface area is 158 Å². The zero-order valence-corrected chi connectivity index (χ0v) is 15.7. The van der Waals surface area contributed by atoms with Gasteiger partial charge in [0.05, 0.1) is 11.9 Å². The maximum Gasteiger partial charge on any atom is 0.242 e. The molecule has 3 aromatic rings. The number of hydrogen-bond acceptors (Lipinski definition) is 3. The number of carbonyl (C=O) groups excluding carboxylic acids is 1. The Morgan fingerprint density at radius 1 is 1.22 bits per heavy atom. The van der Waals surface area contributed by atoms with Crippen molar-refractivity contribution in [1.29, 1.82) is 0 Å². The van der Waals surface area contributed by atoms with Crippen LogP contribution < -0.4 is 5.32 Å². The predicted octanol–water partition coefficient (Wildman–Crippen LogP) is 3.24. The Balaban J connectivity index is 1.70. The summed E-state index contributed by atoms with van der Waals surface area (Å²) < 4.78 is 15.3. The van der Waals surface area contributed by atoms with E-state index in [1.165, 1.54) is 12.1 Å². The summed E-state index contributed by atoms with van der Waals surface area (Å²) >= 11 is 0. The third-order valence-corrected chi connectivity index (χ3v) is 4.39. The largest absolute Gasteiger partial charge is 0.350 e. The molecule has 0 fully saturated rings. The second-order valence-electron chi connectivity index (χ2n) is 6.72. The van der Waals surface area contributed by atoms with E-state index in [4.69, 9.17) is 0 Å². The summed E-state index contributed by atoms with van der Waals surface area (Å²) in [6.45, 7) is 2.38. The van der Waals surface area contributed by atoms with Crippen molar-refractivity contribution in [2.45, 2.75) is 19.5 Å². The number of aryl methyl sites for hydroxylation is 1. The second kappa shape index (κ2) is 8.14. The van der Waals surface area contributed by atoms with Crippen LogP contribution in [0.3, 0.4) is 0 Å². The minimum absolute atomic E-state index is 0.186. The molecule has 1 N–H and O–H groups in total. The predicted molar refractivity (Wildman–Crippen MR) is 103 cm³/mol. The molecule has 3 rings (SSSR count). The van der Waals surface area contributed by atoms with Gasteiger partial charge in [0.15, 0.2) is 0 Å². The molecule has 0 aliphatic rings. The molecule has 5 nitrogen and oxygen atoms in total. The summed E-state index contributed by atoms with van der Waals surface area (Å²) in [5.41, 5.74) is 3.63. The van der Waals surface area contributed by atoms with Crippen molar-refractivity contribution in [3.8, 4) is 5.69 Å². The Kier molecular flexibility index (Phi) is 5.66. The van der Waals surface area contributed by atoms with Crippen molar-refractivity contribution < 1.29 is 9.18 Å². The van der Waals surface area contributed by atoms with E-state index in [2.05, 4.69) is 10.4 Å². The van der Waals surface area contributed by atoms with Crippen molar-refractivity contribution in [2.24, 2.45) is 0 Å². The average molecular weight is 366 g/mol. The van der Waals surface area contributed by atoms with Gasteiger partial charge in [0.2, 0.25) is 5.91 Å². The number of rotatable bonds is 6. The van der Waals surface area contributed by atoms with E-state index in [9.17, 15) is 9.18 Å². The number of nitrogens with zero attached hydrogens (tertiary/aromatic N) is 3. The van der Waals surface area contributed by atoms with Crippen molar-refractivity contribution >= 4 is 5.91 Å². The van der Waals surface area contributed by atoms with Crippen LogP contribution in [0.4, 0.5) is 4.39 Å². The van der Waals surface area contributed by atoms with Gasteiger partial charge < -0.3 is 5.32 Å². The van der Waals surface area contributed by atoms with Crippen molar-refractivity contribution in [3.05, 3.63) is 83.4 Å². The number of nitrogens with one attached hydrogen (secondary N) is 1. The molecule has 0 saturated heterocycles.